The summed E-state index contributed by atoms with van der Waals surface area (Å²) in [5, 5.41) is 12.5. The molecule has 1 saturated heterocycles. The lowest BCUT2D eigenvalue weighted by atomic mass is 10.1. The molecule has 8 nitrogen and oxygen atoms in total. The Labute approximate surface area is 194 Å². The van der Waals surface area contributed by atoms with Gasteiger partial charge in [-0.1, -0.05) is 23.7 Å². The first kappa shape index (κ1) is 22.8. The normalized spacial score (nSPS) is 16.3. The van der Waals surface area contributed by atoms with E-state index in [0.717, 1.165) is 10.6 Å². The van der Waals surface area contributed by atoms with Crippen LogP contribution in [0.5, 0.6) is 0 Å². The second-order valence-corrected chi connectivity index (χ2v) is 8.06. The SMILES string of the molecule is O=C(c1ccccc1F)N1CCN(c2ccc(Cl)cc2NC2=CC(=O)N(CCO)C2=O)CC1. The molecule has 2 aliphatic rings. The average molecular weight is 473 g/mol. The molecule has 4 rings (SSSR count). The van der Waals surface area contributed by atoms with Crippen molar-refractivity contribution in [3.8, 4) is 0 Å². The molecule has 0 aromatic heterocycles. The van der Waals surface area contributed by atoms with Crippen LogP contribution in [0, 0.1) is 5.82 Å². The second kappa shape index (κ2) is 9.60. The van der Waals surface area contributed by atoms with Gasteiger partial charge in [0, 0.05) is 37.3 Å². The average Bonchev–Trinajstić information content (AvgIpc) is 3.07. The number of aliphatic hydroxyl groups is 1. The topological polar surface area (TPSA) is 93.2 Å². The van der Waals surface area contributed by atoms with E-state index in [2.05, 4.69) is 5.32 Å². The van der Waals surface area contributed by atoms with Gasteiger partial charge in [-0.25, -0.2) is 4.39 Å². The van der Waals surface area contributed by atoms with Crippen molar-refractivity contribution in [3.05, 3.63) is 70.6 Å². The van der Waals surface area contributed by atoms with E-state index in [1.807, 2.05) is 4.90 Å². The highest BCUT2D eigenvalue weighted by molar-refractivity contribution is 6.31. The van der Waals surface area contributed by atoms with Crippen LogP contribution in [0.4, 0.5) is 15.8 Å². The maximum absolute atomic E-state index is 14.0. The molecule has 0 aliphatic carbocycles. The zero-order chi connectivity index (χ0) is 23.5. The van der Waals surface area contributed by atoms with Crippen LogP contribution in [-0.2, 0) is 9.59 Å². The van der Waals surface area contributed by atoms with Gasteiger partial charge in [0.1, 0.15) is 11.5 Å². The fourth-order valence-corrected chi connectivity index (χ4v) is 4.07. The van der Waals surface area contributed by atoms with Crippen LogP contribution in [0.2, 0.25) is 5.02 Å². The molecular weight excluding hydrogens is 451 g/mol. The zero-order valence-electron chi connectivity index (χ0n) is 17.6. The van der Waals surface area contributed by atoms with Gasteiger partial charge in [-0.2, -0.15) is 0 Å². The zero-order valence-corrected chi connectivity index (χ0v) is 18.4. The fraction of sp³-hybridized carbons (Fsp3) is 0.261. The minimum Gasteiger partial charge on any atom is -0.395 e. The molecule has 33 heavy (non-hydrogen) atoms. The maximum Gasteiger partial charge on any atom is 0.277 e. The van der Waals surface area contributed by atoms with Crippen molar-refractivity contribution >= 4 is 40.7 Å². The molecule has 0 radical (unpaired) electrons. The Morgan fingerprint density at radius 2 is 1.82 bits per heavy atom. The number of benzene rings is 2. The first-order chi connectivity index (χ1) is 15.9. The van der Waals surface area contributed by atoms with Gasteiger partial charge in [0.15, 0.2) is 0 Å². The lowest BCUT2D eigenvalue weighted by molar-refractivity contribution is -0.137. The van der Waals surface area contributed by atoms with Gasteiger partial charge in [0.05, 0.1) is 30.1 Å². The summed E-state index contributed by atoms with van der Waals surface area (Å²) >= 11 is 6.17. The predicted octanol–water partition coefficient (Wildman–Crippen LogP) is 2.10. The van der Waals surface area contributed by atoms with Crippen LogP contribution in [0.15, 0.2) is 54.2 Å². The van der Waals surface area contributed by atoms with Gasteiger partial charge in [0.25, 0.3) is 17.7 Å². The van der Waals surface area contributed by atoms with Crippen LogP contribution in [-0.4, -0.2) is 72.0 Å². The van der Waals surface area contributed by atoms with Crippen LogP contribution < -0.4 is 10.2 Å². The third kappa shape index (κ3) is 4.69. The van der Waals surface area contributed by atoms with Crippen molar-refractivity contribution in [2.45, 2.75) is 0 Å². The van der Waals surface area contributed by atoms with Gasteiger partial charge >= 0.3 is 0 Å². The molecule has 1 fully saturated rings. The van der Waals surface area contributed by atoms with Crippen molar-refractivity contribution in [2.24, 2.45) is 0 Å². The molecule has 3 amide bonds. The fourth-order valence-electron chi connectivity index (χ4n) is 3.89. The molecule has 2 heterocycles. The summed E-state index contributed by atoms with van der Waals surface area (Å²) in [6, 6.07) is 11.1. The van der Waals surface area contributed by atoms with Gasteiger partial charge in [-0.3, -0.25) is 19.3 Å². The highest BCUT2D eigenvalue weighted by atomic mass is 35.5. The number of nitrogens with zero attached hydrogens (tertiary/aromatic N) is 3. The predicted molar refractivity (Wildman–Crippen MR) is 121 cm³/mol. The number of carbonyl (C=O) groups is 3. The number of hydrogen-bond donors (Lipinski definition) is 2. The molecule has 0 bridgehead atoms. The number of piperazine rings is 1. The number of halogens is 2. The second-order valence-electron chi connectivity index (χ2n) is 7.62. The highest BCUT2D eigenvalue weighted by Gasteiger charge is 2.32. The number of anilines is 2. The van der Waals surface area contributed by atoms with Gasteiger partial charge in [-0.15, -0.1) is 0 Å². The molecule has 0 atom stereocenters. The lowest BCUT2D eigenvalue weighted by Crippen LogP contribution is -2.49. The molecule has 10 heteroatoms. The van der Waals surface area contributed by atoms with Crippen molar-refractivity contribution in [3.63, 3.8) is 0 Å². The molecule has 0 spiro atoms. The summed E-state index contributed by atoms with van der Waals surface area (Å²) in [4.78, 5) is 41.8. The number of amides is 3. The van der Waals surface area contributed by atoms with Crippen LogP contribution in [0.1, 0.15) is 10.4 Å². The smallest absolute Gasteiger partial charge is 0.277 e. The summed E-state index contributed by atoms with van der Waals surface area (Å²) < 4.78 is 14.0. The molecular formula is C23H22ClFN4O4. The van der Waals surface area contributed by atoms with E-state index in [4.69, 9.17) is 16.7 Å². The van der Waals surface area contributed by atoms with E-state index in [-0.39, 0.29) is 30.3 Å². The monoisotopic (exact) mass is 472 g/mol. The Morgan fingerprint density at radius 1 is 1.09 bits per heavy atom. The Hall–Kier alpha value is -3.43. The van der Waals surface area contributed by atoms with E-state index in [0.29, 0.717) is 36.9 Å². The Bertz CT molecular complexity index is 1130. The number of hydrogen-bond acceptors (Lipinski definition) is 6. The van der Waals surface area contributed by atoms with Crippen molar-refractivity contribution in [2.75, 3.05) is 49.5 Å². The number of imide groups is 1. The van der Waals surface area contributed by atoms with Crippen LogP contribution in [0.25, 0.3) is 0 Å². The molecule has 172 valence electrons. The van der Waals surface area contributed by atoms with Crippen LogP contribution >= 0.6 is 11.6 Å². The maximum atomic E-state index is 14.0. The standard InChI is InChI=1S/C23H22ClFN4O4/c24-15-5-6-20(18(13-15)26-19-14-21(31)29(11-12-30)23(19)33)27-7-9-28(10-8-27)22(32)16-3-1-2-4-17(16)25/h1-6,13-14,26,30H,7-12H2. The van der Waals surface area contributed by atoms with Crippen LogP contribution in [0.3, 0.4) is 0 Å². The Balaban J connectivity index is 1.48. The van der Waals surface area contributed by atoms with Gasteiger partial charge < -0.3 is 20.2 Å². The number of carbonyl (C=O) groups excluding carboxylic acids is 3. The summed E-state index contributed by atoms with van der Waals surface area (Å²) in [7, 11) is 0. The molecule has 2 aliphatic heterocycles. The third-order valence-electron chi connectivity index (χ3n) is 5.57. The summed E-state index contributed by atoms with van der Waals surface area (Å²) in [5.41, 5.74) is 1.42. The molecule has 0 unspecified atom stereocenters. The summed E-state index contributed by atoms with van der Waals surface area (Å²) in [6.07, 6.45) is 1.19. The molecule has 2 aromatic rings. The number of aliphatic hydroxyl groups excluding tert-OH is 1. The summed E-state index contributed by atoms with van der Waals surface area (Å²) in [6.45, 7) is 1.34. The molecule has 0 saturated carbocycles. The third-order valence-corrected chi connectivity index (χ3v) is 5.81. The first-order valence-electron chi connectivity index (χ1n) is 10.4. The van der Waals surface area contributed by atoms with Crippen molar-refractivity contribution < 1.29 is 23.9 Å². The Kier molecular flexibility index (Phi) is 6.62. The van der Waals surface area contributed by atoms with E-state index in [1.165, 1.54) is 18.2 Å². The number of β-amino-alcohol motifs (C(OH)–C–C–N with tert-alkyl or cyclic N) is 1. The Morgan fingerprint density at radius 3 is 2.52 bits per heavy atom. The first-order valence-corrected chi connectivity index (χ1v) is 10.8. The number of nitrogens with one attached hydrogen (secondary N) is 1. The van der Waals surface area contributed by atoms with Gasteiger partial charge in [-0.05, 0) is 30.3 Å². The van der Waals surface area contributed by atoms with Gasteiger partial charge in [0.2, 0.25) is 0 Å². The van der Waals surface area contributed by atoms with Crippen molar-refractivity contribution in [1.82, 2.24) is 9.80 Å². The van der Waals surface area contributed by atoms with E-state index in [9.17, 15) is 18.8 Å². The lowest BCUT2D eigenvalue weighted by Gasteiger charge is -2.37. The number of rotatable bonds is 6. The van der Waals surface area contributed by atoms with E-state index < -0.39 is 17.6 Å². The quantitative estimate of drug-likeness (QED) is 0.625. The minimum absolute atomic E-state index is 0.0450. The molecule has 2 aromatic carbocycles. The van der Waals surface area contributed by atoms with Crippen molar-refractivity contribution in [1.29, 1.82) is 0 Å². The van der Waals surface area contributed by atoms with E-state index >= 15 is 0 Å². The summed E-state index contributed by atoms with van der Waals surface area (Å²) in [5.74, 6) is -1.93. The van der Waals surface area contributed by atoms with E-state index in [1.54, 1.807) is 35.2 Å². The largest absolute Gasteiger partial charge is 0.395 e. The minimum atomic E-state index is -0.548. The molecule has 2 N–H and O–H groups in total. The highest BCUT2D eigenvalue weighted by Crippen LogP contribution is 2.32.